The number of hydrogen-bond acceptors (Lipinski definition) is 4. The van der Waals surface area contributed by atoms with Crippen LogP contribution in [0.4, 0.5) is 5.82 Å². The monoisotopic (exact) mass is 339 g/mol. The molecule has 0 saturated carbocycles. The van der Waals surface area contributed by atoms with Gasteiger partial charge in [0.05, 0.1) is 5.75 Å². The highest BCUT2D eigenvalue weighted by Crippen LogP contribution is 2.18. The molecule has 0 aliphatic heterocycles. The molecule has 0 saturated heterocycles. The van der Waals surface area contributed by atoms with Crippen molar-refractivity contribution in [2.75, 3.05) is 19.0 Å². The topological polar surface area (TPSA) is 62.3 Å². The van der Waals surface area contributed by atoms with Crippen molar-refractivity contribution < 1.29 is 8.42 Å². The first-order chi connectivity index (χ1) is 10.4. The number of aromatic nitrogens is 1. The summed E-state index contributed by atoms with van der Waals surface area (Å²) in [5.74, 6) is 0.590. The zero-order chi connectivity index (χ0) is 16.2. The molecule has 0 aliphatic carbocycles. The Labute approximate surface area is 136 Å². The van der Waals surface area contributed by atoms with Gasteiger partial charge in [0, 0.05) is 37.4 Å². The molecule has 2 aromatic rings. The van der Waals surface area contributed by atoms with Crippen molar-refractivity contribution in [1.82, 2.24) is 9.71 Å². The second kappa shape index (κ2) is 7.09. The van der Waals surface area contributed by atoms with Gasteiger partial charge in [-0.1, -0.05) is 35.9 Å². The second-order valence-corrected chi connectivity index (χ2v) is 7.27. The summed E-state index contributed by atoms with van der Waals surface area (Å²) in [4.78, 5) is 6.09. The normalized spacial score (nSPS) is 11.4. The fourth-order valence-corrected chi connectivity index (χ4v) is 3.45. The molecule has 118 valence electrons. The van der Waals surface area contributed by atoms with Gasteiger partial charge in [-0.25, -0.2) is 18.1 Å². The highest BCUT2D eigenvalue weighted by atomic mass is 35.5. The van der Waals surface area contributed by atoms with Crippen LogP contribution in [0.25, 0.3) is 0 Å². The standard InChI is InChI=1S/C15H18ClN3O2S/c1-19(2)15-12(7-5-9-17-15)10-18-22(20,21)11-13-6-3-4-8-14(13)16/h3-9,18H,10-11H2,1-2H3. The number of sulfonamides is 1. The third-order valence-corrected chi connectivity index (χ3v) is 4.72. The van der Waals surface area contributed by atoms with Crippen LogP contribution in [0.5, 0.6) is 0 Å². The molecule has 0 atom stereocenters. The summed E-state index contributed by atoms with van der Waals surface area (Å²) >= 11 is 6.01. The van der Waals surface area contributed by atoms with Crippen molar-refractivity contribution in [1.29, 1.82) is 0 Å². The number of hydrogen-bond donors (Lipinski definition) is 1. The van der Waals surface area contributed by atoms with Crippen LogP contribution in [0, 0.1) is 0 Å². The van der Waals surface area contributed by atoms with Crippen LogP contribution in [0.3, 0.4) is 0 Å². The first-order valence-corrected chi connectivity index (χ1v) is 8.74. The summed E-state index contributed by atoms with van der Waals surface area (Å²) in [7, 11) is 0.252. The lowest BCUT2D eigenvalue weighted by Gasteiger charge is -2.16. The average molecular weight is 340 g/mol. The maximum Gasteiger partial charge on any atom is 0.216 e. The predicted octanol–water partition coefficient (Wildman–Crippen LogP) is 2.42. The molecule has 0 spiro atoms. The SMILES string of the molecule is CN(C)c1ncccc1CNS(=O)(=O)Cc1ccccc1Cl. The minimum absolute atomic E-state index is 0.149. The smallest absolute Gasteiger partial charge is 0.216 e. The lowest BCUT2D eigenvalue weighted by atomic mass is 10.2. The van der Waals surface area contributed by atoms with Crippen LogP contribution in [0.1, 0.15) is 11.1 Å². The molecule has 5 nitrogen and oxygen atoms in total. The molecule has 0 fully saturated rings. The molecule has 0 aliphatic rings. The van der Waals surface area contributed by atoms with Crippen molar-refractivity contribution in [3.8, 4) is 0 Å². The lowest BCUT2D eigenvalue weighted by molar-refractivity contribution is 0.580. The summed E-state index contributed by atoms with van der Waals surface area (Å²) in [5.41, 5.74) is 1.39. The molecule has 1 N–H and O–H groups in total. The van der Waals surface area contributed by atoms with Crippen LogP contribution in [0.2, 0.25) is 5.02 Å². The van der Waals surface area contributed by atoms with Crippen LogP contribution in [-0.2, 0) is 22.3 Å². The Morgan fingerprint density at radius 1 is 1.14 bits per heavy atom. The number of rotatable bonds is 6. The molecule has 0 unspecified atom stereocenters. The van der Waals surface area contributed by atoms with Gasteiger partial charge >= 0.3 is 0 Å². The molecule has 2 rings (SSSR count). The summed E-state index contributed by atoms with van der Waals surface area (Å²) in [5, 5.41) is 0.447. The first-order valence-electron chi connectivity index (χ1n) is 6.71. The van der Waals surface area contributed by atoms with E-state index >= 15 is 0 Å². The average Bonchev–Trinajstić information content (AvgIpc) is 2.48. The van der Waals surface area contributed by atoms with Gasteiger partial charge in [-0.15, -0.1) is 0 Å². The molecule has 22 heavy (non-hydrogen) atoms. The fourth-order valence-electron chi connectivity index (χ4n) is 2.03. The van der Waals surface area contributed by atoms with E-state index in [9.17, 15) is 8.42 Å². The first kappa shape index (κ1) is 16.7. The number of pyridine rings is 1. The van der Waals surface area contributed by atoms with Crippen molar-refractivity contribution in [2.45, 2.75) is 12.3 Å². The van der Waals surface area contributed by atoms with E-state index in [1.54, 1.807) is 36.5 Å². The number of nitrogens with one attached hydrogen (secondary N) is 1. The molecule has 0 bridgehead atoms. The number of nitrogens with zero attached hydrogens (tertiary/aromatic N) is 2. The minimum atomic E-state index is -3.48. The van der Waals surface area contributed by atoms with E-state index in [-0.39, 0.29) is 12.3 Å². The van der Waals surface area contributed by atoms with Gasteiger partial charge in [-0.3, -0.25) is 0 Å². The molecule has 0 radical (unpaired) electrons. The predicted molar refractivity (Wildman–Crippen MR) is 89.5 cm³/mol. The van der Waals surface area contributed by atoms with Gasteiger partial charge < -0.3 is 4.90 Å². The van der Waals surface area contributed by atoms with Gasteiger partial charge in [0.25, 0.3) is 0 Å². The van der Waals surface area contributed by atoms with Crippen LogP contribution >= 0.6 is 11.6 Å². The summed E-state index contributed by atoms with van der Waals surface area (Å²) in [6.45, 7) is 0.189. The lowest BCUT2D eigenvalue weighted by Crippen LogP contribution is -2.26. The van der Waals surface area contributed by atoms with E-state index in [0.717, 1.165) is 11.4 Å². The van der Waals surface area contributed by atoms with Gasteiger partial charge in [-0.05, 0) is 17.7 Å². The van der Waals surface area contributed by atoms with Crippen molar-refractivity contribution in [2.24, 2.45) is 0 Å². The van der Waals surface area contributed by atoms with Crippen molar-refractivity contribution >= 4 is 27.4 Å². The van der Waals surface area contributed by atoms with E-state index < -0.39 is 10.0 Å². The third kappa shape index (κ3) is 4.43. The maximum atomic E-state index is 12.2. The van der Waals surface area contributed by atoms with Gasteiger partial charge in [0.1, 0.15) is 5.82 Å². The fraction of sp³-hybridized carbons (Fsp3) is 0.267. The maximum absolute atomic E-state index is 12.2. The van der Waals surface area contributed by atoms with Crippen LogP contribution < -0.4 is 9.62 Å². The molecule has 7 heteroatoms. The Kier molecular flexibility index (Phi) is 5.39. The zero-order valence-electron chi connectivity index (χ0n) is 12.5. The minimum Gasteiger partial charge on any atom is -0.362 e. The number of halogens is 1. The van der Waals surface area contributed by atoms with E-state index in [1.807, 2.05) is 25.1 Å². The Balaban J connectivity index is 2.09. The molecule has 1 heterocycles. The van der Waals surface area contributed by atoms with Gasteiger partial charge in [-0.2, -0.15) is 0 Å². The molecule has 0 amide bonds. The van der Waals surface area contributed by atoms with E-state index in [0.29, 0.717) is 10.6 Å². The Hall–Kier alpha value is -1.63. The van der Waals surface area contributed by atoms with E-state index in [1.165, 1.54) is 0 Å². The molecule has 1 aromatic heterocycles. The van der Waals surface area contributed by atoms with Crippen molar-refractivity contribution in [3.05, 3.63) is 58.7 Å². The summed E-state index contributed by atoms with van der Waals surface area (Å²) < 4.78 is 27.0. The summed E-state index contributed by atoms with van der Waals surface area (Å²) in [6.07, 6.45) is 1.68. The highest BCUT2D eigenvalue weighted by Gasteiger charge is 2.15. The quantitative estimate of drug-likeness (QED) is 0.878. The molecular weight excluding hydrogens is 322 g/mol. The summed E-state index contributed by atoms with van der Waals surface area (Å²) in [6, 6.07) is 10.5. The van der Waals surface area contributed by atoms with Crippen LogP contribution in [0.15, 0.2) is 42.6 Å². The van der Waals surface area contributed by atoms with E-state index in [4.69, 9.17) is 11.6 Å². The van der Waals surface area contributed by atoms with Crippen LogP contribution in [-0.4, -0.2) is 27.5 Å². The largest absolute Gasteiger partial charge is 0.362 e. The third-order valence-electron chi connectivity index (χ3n) is 3.08. The van der Waals surface area contributed by atoms with Gasteiger partial charge in [0.15, 0.2) is 0 Å². The number of anilines is 1. The Morgan fingerprint density at radius 3 is 2.50 bits per heavy atom. The van der Waals surface area contributed by atoms with Crippen molar-refractivity contribution in [3.63, 3.8) is 0 Å². The highest BCUT2D eigenvalue weighted by molar-refractivity contribution is 7.88. The number of benzene rings is 1. The zero-order valence-corrected chi connectivity index (χ0v) is 14.0. The molecular formula is C15H18ClN3O2S. The van der Waals surface area contributed by atoms with Gasteiger partial charge in [0.2, 0.25) is 10.0 Å². The Bertz CT molecular complexity index is 748. The molecule has 1 aromatic carbocycles. The Morgan fingerprint density at radius 2 is 1.82 bits per heavy atom. The van der Waals surface area contributed by atoms with E-state index in [2.05, 4.69) is 9.71 Å². The second-order valence-electron chi connectivity index (χ2n) is 5.05.